The second-order valence-electron chi connectivity index (χ2n) is 2.83. The van der Waals surface area contributed by atoms with Crippen LogP contribution in [0, 0.1) is 0 Å². The van der Waals surface area contributed by atoms with Crippen molar-refractivity contribution in [3.05, 3.63) is 35.4 Å². The normalized spacial score (nSPS) is 9.83. The topological polar surface area (TPSA) is 17.1 Å². The smallest absolute Gasteiger partial charge is 0.134 e. The fourth-order valence-corrected chi connectivity index (χ4v) is 1.21. The van der Waals surface area contributed by atoms with E-state index < -0.39 is 0 Å². The van der Waals surface area contributed by atoms with Crippen molar-refractivity contribution in [2.45, 2.75) is 19.2 Å². The van der Waals surface area contributed by atoms with Gasteiger partial charge >= 0.3 is 0 Å². The number of hydrogen-bond acceptors (Lipinski definition) is 1. The molecule has 0 unspecified atom stereocenters. The summed E-state index contributed by atoms with van der Waals surface area (Å²) in [5, 5.41) is 0. The Labute approximate surface area is 77.4 Å². The van der Waals surface area contributed by atoms with Crippen LogP contribution in [0.1, 0.15) is 18.1 Å². The highest BCUT2D eigenvalue weighted by Gasteiger charge is 1.96. The van der Waals surface area contributed by atoms with Crippen LogP contribution in [-0.2, 0) is 17.1 Å². The molecule has 12 heavy (non-hydrogen) atoms. The average molecular weight is 183 g/mol. The Morgan fingerprint density at radius 1 is 1.25 bits per heavy atom. The molecule has 0 fully saturated rings. The highest BCUT2D eigenvalue weighted by molar-refractivity contribution is 6.17. The van der Waals surface area contributed by atoms with Crippen LogP contribution in [0.2, 0.25) is 0 Å². The van der Waals surface area contributed by atoms with E-state index in [9.17, 15) is 4.79 Å². The van der Waals surface area contributed by atoms with Gasteiger partial charge in [0, 0.05) is 12.3 Å². The Hall–Kier alpha value is -0.820. The molecule has 2 heteroatoms. The molecule has 0 heterocycles. The Kier molecular flexibility index (Phi) is 3.30. The van der Waals surface area contributed by atoms with Crippen LogP contribution in [0.25, 0.3) is 0 Å². The van der Waals surface area contributed by atoms with E-state index >= 15 is 0 Å². The summed E-state index contributed by atoms with van der Waals surface area (Å²) in [5.41, 5.74) is 2.14. The minimum atomic E-state index is 0.189. The Bertz CT molecular complexity index is 264. The molecule has 0 saturated heterocycles. The molecule has 0 aromatic heterocycles. The standard InChI is InChI=1S/C10H11ClO/c1-8(12)6-9-2-4-10(7-11)5-3-9/h2-5H,6-7H2,1H3. The molecule has 1 aromatic carbocycles. The van der Waals surface area contributed by atoms with Gasteiger partial charge in [0.15, 0.2) is 0 Å². The van der Waals surface area contributed by atoms with Gasteiger partial charge in [-0.2, -0.15) is 0 Å². The lowest BCUT2D eigenvalue weighted by atomic mass is 10.1. The summed E-state index contributed by atoms with van der Waals surface area (Å²) < 4.78 is 0. The van der Waals surface area contributed by atoms with E-state index in [1.807, 2.05) is 24.3 Å². The zero-order valence-corrected chi connectivity index (χ0v) is 7.77. The molecule has 0 aliphatic carbocycles. The molecule has 0 aliphatic heterocycles. The van der Waals surface area contributed by atoms with Gasteiger partial charge in [0.25, 0.3) is 0 Å². The second-order valence-corrected chi connectivity index (χ2v) is 3.10. The van der Waals surface area contributed by atoms with Gasteiger partial charge in [-0.25, -0.2) is 0 Å². The Balaban J connectivity index is 2.71. The van der Waals surface area contributed by atoms with Gasteiger partial charge in [-0.05, 0) is 18.1 Å². The lowest BCUT2D eigenvalue weighted by molar-refractivity contribution is -0.116. The quantitative estimate of drug-likeness (QED) is 0.657. The van der Waals surface area contributed by atoms with Gasteiger partial charge in [-0.3, -0.25) is 4.79 Å². The number of carbonyl (C=O) groups is 1. The molecule has 1 nitrogen and oxygen atoms in total. The van der Waals surface area contributed by atoms with Crippen molar-refractivity contribution in [2.75, 3.05) is 0 Å². The van der Waals surface area contributed by atoms with Crippen LogP contribution in [0.15, 0.2) is 24.3 Å². The molecule has 1 rings (SSSR count). The molecule has 0 atom stereocenters. The van der Waals surface area contributed by atoms with Crippen molar-refractivity contribution < 1.29 is 4.79 Å². The molecule has 0 spiro atoms. The van der Waals surface area contributed by atoms with Crippen LogP contribution in [0.3, 0.4) is 0 Å². The van der Waals surface area contributed by atoms with Crippen LogP contribution < -0.4 is 0 Å². The number of rotatable bonds is 3. The molecule has 0 amide bonds. The average Bonchev–Trinajstić information content (AvgIpc) is 2.05. The monoisotopic (exact) mass is 182 g/mol. The number of ketones is 1. The highest BCUT2D eigenvalue weighted by atomic mass is 35.5. The van der Waals surface area contributed by atoms with Gasteiger partial charge in [0.2, 0.25) is 0 Å². The van der Waals surface area contributed by atoms with E-state index in [0.29, 0.717) is 12.3 Å². The predicted octanol–water partition coefficient (Wildman–Crippen LogP) is 2.56. The van der Waals surface area contributed by atoms with Gasteiger partial charge in [0.05, 0.1) is 0 Å². The molecular weight excluding hydrogens is 172 g/mol. The van der Waals surface area contributed by atoms with Gasteiger partial charge in [-0.15, -0.1) is 11.6 Å². The van der Waals surface area contributed by atoms with Gasteiger partial charge < -0.3 is 0 Å². The van der Waals surface area contributed by atoms with Crippen LogP contribution in [0.5, 0.6) is 0 Å². The van der Waals surface area contributed by atoms with E-state index in [2.05, 4.69) is 0 Å². The molecular formula is C10H11ClO. The van der Waals surface area contributed by atoms with Crippen molar-refractivity contribution in [1.29, 1.82) is 0 Å². The largest absolute Gasteiger partial charge is 0.300 e. The molecule has 1 aromatic rings. The Morgan fingerprint density at radius 2 is 1.75 bits per heavy atom. The summed E-state index contributed by atoms with van der Waals surface area (Å²) in [6.45, 7) is 1.59. The zero-order chi connectivity index (χ0) is 8.97. The summed E-state index contributed by atoms with van der Waals surface area (Å²) in [4.78, 5) is 10.7. The minimum absolute atomic E-state index is 0.189. The third-order valence-electron chi connectivity index (χ3n) is 1.63. The number of carbonyl (C=O) groups excluding carboxylic acids is 1. The lowest BCUT2D eigenvalue weighted by Crippen LogP contribution is -1.95. The first kappa shape index (κ1) is 9.27. The third-order valence-corrected chi connectivity index (χ3v) is 1.94. The van der Waals surface area contributed by atoms with E-state index in [-0.39, 0.29) is 5.78 Å². The summed E-state index contributed by atoms with van der Waals surface area (Å²) in [6, 6.07) is 7.79. The van der Waals surface area contributed by atoms with Crippen LogP contribution >= 0.6 is 11.6 Å². The van der Waals surface area contributed by atoms with Crippen molar-refractivity contribution in [3.8, 4) is 0 Å². The first-order valence-corrected chi connectivity index (χ1v) is 4.39. The number of halogens is 1. The maximum atomic E-state index is 10.7. The van der Waals surface area contributed by atoms with E-state index in [1.165, 1.54) is 0 Å². The first-order chi connectivity index (χ1) is 5.72. The predicted molar refractivity (Wildman–Crippen MR) is 50.4 cm³/mol. The van der Waals surface area contributed by atoms with E-state index in [4.69, 9.17) is 11.6 Å². The van der Waals surface area contributed by atoms with Crippen LogP contribution in [-0.4, -0.2) is 5.78 Å². The summed E-state index contributed by atoms with van der Waals surface area (Å²) in [6.07, 6.45) is 0.516. The maximum Gasteiger partial charge on any atom is 0.134 e. The number of hydrogen-bond donors (Lipinski definition) is 0. The molecule has 0 aliphatic rings. The zero-order valence-electron chi connectivity index (χ0n) is 7.01. The molecule has 64 valence electrons. The third kappa shape index (κ3) is 2.67. The van der Waals surface area contributed by atoms with E-state index in [1.54, 1.807) is 6.92 Å². The number of alkyl halides is 1. The summed E-state index contributed by atoms with van der Waals surface area (Å²) in [7, 11) is 0. The minimum Gasteiger partial charge on any atom is -0.300 e. The lowest BCUT2D eigenvalue weighted by Gasteiger charge is -1.98. The van der Waals surface area contributed by atoms with Crippen molar-refractivity contribution in [1.82, 2.24) is 0 Å². The van der Waals surface area contributed by atoms with Crippen molar-refractivity contribution in [3.63, 3.8) is 0 Å². The number of Topliss-reactive ketones (excluding diaryl/α,β-unsaturated/α-hetero) is 1. The first-order valence-electron chi connectivity index (χ1n) is 3.85. The maximum absolute atomic E-state index is 10.7. The second kappa shape index (κ2) is 4.27. The highest BCUT2D eigenvalue weighted by Crippen LogP contribution is 2.07. The molecule has 0 bridgehead atoms. The summed E-state index contributed by atoms with van der Waals surface area (Å²) in [5.74, 6) is 0.717. The van der Waals surface area contributed by atoms with Gasteiger partial charge in [-0.1, -0.05) is 24.3 Å². The number of benzene rings is 1. The SMILES string of the molecule is CC(=O)Cc1ccc(CCl)cc1. The Morgan fingerprint density at radius 3 is 2.17 bits per heavy atom. The molecule has 0 radical (unpaired) electrons. The van der Waals surface area contributed by atoms with Crippen molar-refractivity contribution >= 4 is 17.4 Å². The van der Waals surface area contributed by atoms with Crippen molar-refractivity contribution in [2.24, 2.45) is 0 Å². The van der Waals surface area contributed by atoms with Crippen LogP contribution in [0.4, 0.5) is 0 Å². The molecule has 0 saturated carbocycles. The van der Waals surface area contributed by atoms with E-state index in [0.717, 1.165) is 11.1 Å². The van der Waals surface area contributed by atoms with Gasteiger partial charge in [0.1, 0.15) is 5.78 Å². The fraction of sp³-hybridized carbons (Fsp3) is 0.300. The fourth-order valence-electron chi connectivity index (χ4n) is 1.03. The summed E-state index contributed by atoms with van der Waals surface area (Å²) >= 11 is 5.62. The molecule has 0 N–H and O–H groups in total.